The van der Waals surface area contributed by atoms with Crippen molar-refractivity contribution in [2.75, 3.05) is 13.7 Å². The fraction of sp³-hybridized carbons (Fsp3) is 0.296. The van der Waals surface area contributed by atoms with Crippen LogP contribution in [0.15, 0.2) is 54.9 Å². The molecule has 2 aromatic carbocycles. The van der Waals surface area contributed by atoms with Gasteiger partial charge in [-0.25, -0.2) is 4.39 Å². The van der Waals surface area contributed by atoms with Crippen molar-refractivity contribution < 1.29 is 23.4 Å². The lowest BCUT2D eigenvalue weighted by atomic mass is 9.98. The topological polar surface area (TPSA) is 101 Å². The summed E-state index contributed by atoms with van der Waals surface area (Å²) in [5.74, 6) is -0.242. The number of pyridine rings is 1. The number of carbonyl (C=O) groups excluding carboxylic acids is 1. The lowest BCUT2D eigenvalue weighted by molar-refractivity contribution is -0.149. The zero-order valence-electron chi connectivity index (χ0n) is 20.5. The predicted octanol–water partition coefficient (Wildman–Crippen LogP) is 3.93. The second-order valence-electron chi connectivity index (χ2n) is 8.50. The van der Waals surface area contributed by atoms with E-state index in [0.717, 1.165) is 16.5 Å². The molecule has 0 spiro atoms. The summed E-state index contributed by atoms with van der Waals surface area (Å²) in [5.41, 5.74) is 9.31. The smallest absolute Gasteiger partial charge is 0.310 e. The Bertz CT molecular complexity index is 1370. The number of carbonyl (C=O) groups is 1. The Kier molecular flexibility index (Phi) is 7.92. The number of esters is 1. The van der Waals surface area contributed by atoms with Crippen LogP contribution >= 0.6 is 0 Å². The van der Waals surface area contributed by atoms with Crippen LogP contribution < -0.4 is 10.5 Å². The highest BCUT2D eigenvalue weighted by Crippen LogP contribution is 2.33. The van der Waals surface area contributed by atoms with Gasteiger partial charge in [0.15, 0.2) is 5.82 Å². The second kappa shape index (κ2) is 11.3. The third kappa shape index (κ3) is 5.53. The first-order chi connectivity index (χ1) is 17.4. The Morgan fingerprint density at radius 2 is 2.00 bits per heavy atom. The number of methoxy groups -OCH3 is 1. The van der Waals surface area contributed by atoms with Crippen LogP contribution in [0.1, 0.15) is 23.7 Å². The molecule has 1 atom stereocenters. The molecule has 4 rings (SSSR count). The largest absolute Gasteiger partial charge is 0.489 e. The van der Waals surface area contributed by atoms with Crippen molar-refractivity contribution in [3.8, 4) is 16.9 Å². The quantitative estimate of drug-likeness (QED) is 0.335. The van der Waals surface area contributed by atoms with Crippen molar-refractivity contribution in [3.63, 3.8) is 0 Å². The van der Waals surface area contributed by atoms with E-state index >= 15 is 4.39 Å². The Balaban J connectivity index is 1.61. The van der Waals surface area contributed by atoms with Crippen LogP contribution in [0.5, 0.6) is 5.75 Å². The van der Waals surface area contributed by atoms with Gasteiger partial charge in [0.05, 0.1) is 30.4 Å². The zero-order valence-corrected chi connectivity index (χ0v) is 20.5. The molecule has 188 valence electrons. The van der Waals surface area contributed by atoms with Gasteiger partial charge in [-0.05, 0) is 42.3 Å². The highest BCUT2D eigenvalue weighted by molar-refractivity contribution is 5.95. The number of para-hydroxylation sites is 1. The minimum absolute atomic E-state index is 0.00211. The predicted molar refractivity (Wildman–Crippen MR) is 134 cm³/mol. The monoisotopic (exact) mass is 492 g/mol. The van der Waals surface area contributed by atoms with Crippen molar-refractivity contribution >= 4 is 16.9 Å². The number of halogens is 1. The molecule has 0 radical (unpaired) electrons. The van der Waals surface area contributed by atoms with Crippen molar-refractivity contribution in [1.82, 2.24) is 14.8 Å². The van der Waals surface area contributed by atoms with Gasteiger partial charge >= 0.3 is 5.97 Å². The number of nitrogens with zero attached hydrogens (tertiary/aromatic N) is 3. The zero-order chi connectivity index (χ0) is 25.7. The van der Waals surface area contributed by atoms with Gasteiger partial charge < -0.3 is 19.9 Å². The average Bonchev–Trinajstić information content (AvgIpc) is 3.24. The molecule has 0 aliphatic carbocycles. The molecule has 2 heterocycles. The molecule has 0 bridgehead atoms. The maximum Gasteiger partial charge on any atom is 0.310 e. The van der Waals surface area contributed by atoms with Crippen LogP contribution in [0.4, 0.5) is 4.39 Å². The van der Waals surface area contributed by atoms with Crippen LogP contribution in [-0.4, -0.2) is 40.6 Å². The standard InChI is InChI=1S/C27H29FN4O4/c1-17(15-34-3)36-26(33)12-19-6-4-5-7-25(19)35-16-18-10-21(22-14-31-32(2)24(22)11-18)20-8-9-30-23(13-29)27(20)28/h4-11,14,17H,12-13,15-16,29H2,1-3H3. The summed E-state index contributed by atoms with van der Waals surface area (Å²) in [6.07, 6.45) is 2.99. The summed E-state index contributed by atoms with van der Waals surface area (Å²) in [6, 6.07) is 12.8. The first kappa shape index (κ1) is 25.3. The molecule has 2 aromatic heterocycles. The fourth-order valence-corrected chi connectivity index (χ4v) is 4.09. The first-order valence-corrected chi connectivity index (χ1v) is 11.6. The van der Waals surface area contributed by atoms with Gasteiger partial charge in [0.25, 0.3) is 0 Å². The molecule has 9 heteroatoms. The number of hydrogen-bond acceptors (Lipinski definition) is 7. The van der Waals surface area contributed by atoms with Gasteiger partial charge in [-0.1, -0.05) is 18.2 Å². The minimum atomic E-state index is -0.449. The van der Waals surface area contributed by atoms with Gasteiger partial charge in [0.1, 0.15) is 18.5 Å². The molecule has 0 amide bonds. The molecule has 0 aliphatic rings. The van der Waals surface area contributed by atoms with Crippen LogP contribution in [-0.2, 0) is 40.9 Å². The SMILES string of the molecule is COCC(C)OC(=O)Cc1ccccc1OCc1cc(-c2ccnc(CN)c2F)c2cnn(C)c2c1. The Hall–Kier alpha value is -3.82. The number of ether oxygens (including phenoxy) is 3. The van der Waals surface area contributed by atoms with E-state index in [1.807, 2.05) is 37.4 Å². The third-order valence-corrected chi connectivity index (χ3v) is 5.81. The van der Waals surface area contributed by atoms with Crippen molar-refractivity contribution in [2.45, 2.75) is 32.6 Å². The van der Waals surface area contributed by atoms with E-state index in [1.54, 1.807) is 43.2 Å². The lowest BCUT2D eigenvalue weighted by Gasteiger charge is -2.15. The third-order valence-electron chi connectivity index (χ3n) is 5.81. The molecular weight excluding hydrogens is 463 g/mol. The van der Waals surface area contributed by atoms with Crippen molar-refractivity contribution in [2.24, 2.45) is 12.8 Å². The molecular formula is C27H29FN4O4. The highest BCUT2D eigenvalue weighted by atomic mass is 19.1. The number of aryl methyl sites for hydroxylation is 1. The second-order valence-corrected chi connectivity index (χ2v) is 8.50. The van der Waals surface area contributed by atoms with Crippen LogP contribution in [0.2, 0.25) is 0 Å². The molecule has 36 heavy (non-hydrogen) atoms. The number of benzene rings is 2. The van der Waals surface area contributed by atoms with Crippen molar-refractivity contribution in [3.05, 3.63) is 77.5 Å². The van der Waals surface area contributed by atoms with E-state index in [0.29, 0.717) is 29.0 Å². The van der Waals surface area contributed by atoms with Crippen LogP contribution in [0, 0.1) is 5.82 Å². The Morgan fingerprint density at radius 1 is 1.19 bits per heavy atom. The summed E-state index contributed by atoms with van der Waals surface area (Å²) >= 11 is 0. The number of nitrogens with two attached hydrogens (primary N) is 1. The molecule has 1 unspecified atom stereocenters. The van der Waals surface area contributed by atoms with Gasteiger partial charge in [0, 0.05) is 43.4 Å². The Labute approximate surface area is 208 Å². The number of aromatic nitrogens is 3. The van der Waals surface area contributed by atoms with E-state index in [-0.39, 0.29) is 37.3 Å². The fourth-order valence-electron chi connectivity index (χ4n) is 4.09. The first-order valence-electron chi connectivity index (χ1n) is 11.6. The van der Waals surface area contributed by atoms with E-state index in [9.17, 15) is 4.79 Å². The lowest BCUT2D eigenvalue weighted by Crippen LogP contribution is -2.21. The average molecular weight is 493 g/mol. The molecule has 4 aromatic rings. The van der Waals surface area contributed by atoms with Gasteiger partial charge in [-0.3, -0.25) is 14.5 Å². The maximum absolute atomic E-state index is 15.1. The molecule has 0 saturated carbocycles. The number of fused-ring (bicyclic) bond motifs is 1. The van der Waals surface area contributed by atoms with E-state index in [1.165, 1.54) is 0 Å². The molecule has 0 saturated heterocycles. The number of hydrogen-bond donors (Lipinski definition) is 1. The van der Waals surface area contributed by atoms with Crippen LogP contribution in [0.25, 0.3) is 22.0 Å². The Morgan fingerprint density at radius 3 is 2.78 bits per heavy atom. The van der Waals surface area contributed by atoms with Crippen molar-refractivity contribution in [1.29, 1.82) is 0 Å². The number of rotatable bonds is 10. The molecule has 0 aliphatic heterocycles. The maximum atomic E-state index is 15.1. The minimum Gasteiger partial charge on any atom is -0.489 e. The molecule has 0 fully saturated rings. The van der Waals surface area contributed by atoms with E-state index in [4.69, 9.17) is 19.9 Å². The van der Waals surface area contributed by atoms with E-state index < -0.39 is 5.82 Å². The summed E-state index contributed by atoms with van der Waals surface area (Å²) in [4.78, 5) is 16.4. The van der Waals surface area contributed by atoms with Gasteiger partial charge in [-0.15, -0.1) is 0 Å². The summed E-state index contributed by atoms with van der Waals surface area (Å²) in [5, 5.41) is 5.16. The van der Waals surface area contributed by atoms with Crippen LogP contribution in [0.3, 0.4) is 0 Å². The summed E-state index contributed by atoms with van der Waals surface area (Å²) in [6.45, 7) is 2.31. The highest BCUT2D eigenvalue weighted by Gasteiger charge is 2.17. The van der Waals surface area contributed by atoms with Gasteiger partial charge in [0.2, 0.25) is 0 Å². The van der Waals surface area contributed by atoms with E-state index in [2.05, 4.69) is 10.1 Å². The molecule has 2 N–H and O–H groups in total. The van der Waals surface area contributed by atoms with Gasteiger partial charge in [-0.2, -0.15) is 5.10 Å². The summed E-state index contributed by atoms with van der Waals surface area (Å²) < 4.78 is 33.4. The molecule has 8 nitrogen and oxygen atoms in total. The normalized spacial score (nSPS) is 12.0. The summed E-state index contributed by atoms with van der Waals surface area (Å²) in [7, 11) is 3.39.